The van der Waals surface area contributed by atoms with Crippen molar-refractivity contribution < 1.29 is 4.39 Å². The Hall–Kier alpha value is -1.20. The number of nitrogens with zero attached hydrogens (tertiary/aromatic N) is 2. The molecule has 18 heavy (non-hydrogen) atoms. The molecule has 0 aliphatic heterocycles. The van der Waals surface area contributed by atoms with Gasteiger partial charge in [-0.15, -0.1) is 0 Å². The minimum atomic E-state index is -0.323. The van der Waals surface area contributed by atoms with Gasteiger partial charge in [0.2, 0.25) is 0 Å². The lowest BCUT2D eigenvalue weighted by molar-refractivity contribution is 0.628. The highest BCUT2D eigenvalue weighted by Crippen LogP contribution is 2.26. The van der Waals surface area contributed by atoms with E-state index in [1.54, 1.807) is 12.1 Å². The van der Waals surface area contributed by atoms with Crippen molar-refractivity contribution in [3.63, 3.8) is 0 Å². The molecule has 0 spiro atoms. The van der Waals surface area contributed by atoms with Gasteiger partial charge in [-0.1, -0.05) is 18.5 Å². The van der Waals surface area contributed by atoms with E-state index in [2.05, 4.69) is 31.2 Å². The summed E-state index contributed by atoms with van der Waals surface area (Å²) in [4.78, 5) is 8.33. The molecule has 0 fully saturated rings. The van der Waals surface area contributed by atoms with Crippen LogP contribution in [0.25, 0.3) is 0 Å². The molecule has 94 valence electrons. The molecule has 0 aliphatic rings. The van der Waals surface area contributed by atoms with Crippen LogP contribution >= 0.6 is 27.5 Å². The van der Waals surface area contributed by atoms with Gasteiger partial charge in [0.15, 0.2) is 0 Å². The SMILES string of the molecule is CCc1nc(Cl)cc(Nc2cc(F)ccc2Br)n1. The Morgan fingerprint density at radius 2 is 2.11 bits per heavy atom. The zero-order valence-corrected chi connectivity index (χ0v) is 11.9. The summed E-state index contributed by atoms with van der Waals surface area (Å²) in [7, 11) is 0. The van der Waals surface area contributed by atoms with Crippen LogP contribution in [0.4, 0.5) is 15.9 Å². The van der Waals surface area contributed by atoms with Gasteiger partial charge >= 0.3 is 0 Å². The summed E-state index contributed by atoms with van der Waals surface area (Å²) < 4.78 is 13.9. The first-order valence-corrected chi connectivity index (χ1v) is 6.51. The van der Waals surface area contributed by atoms with Crippen LogP contribution in [0.2, 0.25) is 5.15 Å². The summed E-state index contributed by atoms with van der Waals surface area (Å²) in [5.41, 5.74) is 0.590. The molecular weight excluding hydrogens is 321 g/mol. The van der Waals surface area contributed by atoms with Gasteiger partial charge in [-0.05, 0) is 34.1 Å². The molecule has 0 bridgehead atoms. The number of anilines is 2. The third kappa shape index (κ3) is 3.17. The van der Waals surface area contributed by atoms with E-state index in [-0.39, 0.29) is 5.82 Å². The Morgan fingerprint density at radius 3 is 2.83 bits per heavy atom. The van der Waals surface area contributed by atoms with E-state index >= 15 is 0 Å². The number of hydrogen-bond donors (Lipinski definition) is 1. The van der Waals surface area contributed by atoms with Crippen LogP contribution < -0.4 is 5.32 Å². The topological polar surface area (TPSA) is 37.8 Å². The second kappa shape index (κ2) is 5.63. The van der Waals surface area contributed by atoms with Crippen molar-refractivity contribution in [2.45, 2.75) is 13.3 Å². The third-order valence-electron chi connectivity index (χ3n) is 2.25. The van der Waals surface area contributed by atoms with Crippen molar-refractivity contribution in [1.29, 1.82) is 0 Å². The monoisotopic (exact) mass is 329 g/mol. The highest BCUT2D eigenvalue weighted by molar-refractivity contribution is 9.10. The first-order valence-electron chi connectivity index (χ1n) is 5.34. The van der Waals surface area contributed by atoms with E-state index in [4.69, 9.17) is 11.6 Å². The zero-order chi connectivity index (χ0) is 13.1. The Bertz CT molecular complexity index is 577. The predicted molar refractivity (Wildman–Crippen MR) is 73.8 cm³/mol. The molecule has 0 saturated carbocycles. The summed E-state index contributed by atoms with van der Waals surface area (Å²) in [5.74, 6) is 0.854. The lowest BCUT2D eigenvalue weighted by Gasteiger charge is -2.09. The lowest BCUT2D eigenvalue weighted by Crippen LogP contribution is -2.00. The first-order chi connectivity index (χ1) is 8.58. The first kappa shape index (κ1) is 13.2. The van der Waals surface area contributed by atoms with Crippen LogP contribution in [0, 0.1) is 5.82 Å². The molecule has 2 rings (SSSR count). The van der Waals surface area contributed by atoms with Crippen LogP contribution in [0.15, 0.2) is 28.7 Å². The molecule has 2 aromatic rings. The van der Waals surface area contributed by atoms with Gasteiger partial charge in [-0.25, -0.2) is 14.4 Å². The zero-order valence-electron chi connectivity index (χ0n) is 9.54. The average Bonchev–Trinajstić information content (AvgIpc) is 2.33. The van der Waals surface area contributed by atoms with E-state index in [9.17, 15) is 4.39 Å². The summed E-state index contributed by atoms with van der Waals surface area (Å²) in [6.07, 6.45) is 0.680. The Labute approximate surface area is 118 Å². The highest BCUT2D eigenvalue weighted by atomic mass is 79.9. The molecule has 0 amide bonds. The van der Waals surface area contributed by atoms with Gasteiger partial charge in [-0.2, -0.15) is 0 Å². The Morgan fingerprint density at radius 1 is 1.33 bits per heavy atom. The van der Waals surface area contributed by atoms with Crippen molar-refractivity contribution >= 4 is 39.0 Å². The lowest BCUT2D eigenvalue weighted by atomic mass is 10.3. The molecule has 1 aromatic heterocycles. The van der Waals surface area contributed by atoms with Gasteiger partial charge in [0, 0.05) is 17.0 Å². The molecule has 6 heteroatoms. The summed E-state index contributed by atoms with van der Waals surface area (Å²) in [6.45, 7) is 1.94. The number of nitrogens with one attached hydrogen (secondary N) is 1. The number of halogens is 3. The largest absolute Gasteiger partial charge is 0.339 e. The molecule has 3 nitrogen and oxygen atoms in total. The van der Waals surface area contributed by atoms with Crippen LogP contribution in [0.5, 0.6) is 0 Å². The fourth-order valence-corrected chi connectivity index (χ4v) is 1.96. The molecule has 1 heterocycles. The number of aromatic nitrogens is 2. The summed E-state index contributed by atoms with van der Waals surface area (Å²) in [5, 5.41) is 3.36. The maximum Gasteiger partial charge on any atom is 0.135 e. The third-order valence-corrected chi connectivity index (χ3v) is 3.13. The molecule has 0 aliphatic carbocycles. The Kier molecular flexibility index (Phi) is 4.14. The summed E-state index contributed by atoms with van der Waals surface area (Å²) >= 11 is 9.23. The average molecular weight is 331 g/mol. The molecule has 0 unspecified atom stereocenters. The van der Waals surface area contributed by atoms with Gasteiger partial charge < -0.3 is 5.32 Å². The molecule has 1 N–H and O–H groups in total. The maximum atomic E-state index is 13.2. The van der Waals surface area contributed by atoms with Crippen molar-refractivity contribution in [3.8, 4) is 0 Å². The highest BCUT2D eigenvalue weighted by Gasteiger charge is 2.06. The number of rotatable bonds is 3. The predicted octanol–water partition coefficient (Wildman–Crippen LogP) is 4.34. The number of benzene rings is 1. The van der Waals surface area contributed by atoms with Gasteiger partial charge in [0.05, 0.1) is 5.69 Å². The standard InChI is InChI=1S/C12H10BrClFN3/c1-2-11-17-10(14)6-12(18-11)16-9-5-7(15)3-4-8(9)13/h3-6H,2H2,1H3,(H,16,17,18). The van der Waals surface area contributed by atoms with Crippen molar-refractivity contribution in [3.05, 3.63) is 45.5 Å². The van der Waals surface area contributed by atoms with E-state index < -0.39 is 0 Å². The number of hydrogen-bond acceptors (Lipinski definition) is 3. The summed E-state index contributed by atoms with van der Waals surface area (Å²) in [6, 6.07) is 5.98. The minimum absolute atomic E-state index is 0.323. The van der Waals surface area contributed by atoms with Crippen LogP contribution in [0.3, 0.4) is 0 Å². The molecule has 0 atom stereocenters. The Balaban J connectivity index is 2.33. The molecule has 1 aromatic carbocycles. The quantitative estimate of drug-likeness (QED) is 0.851. The smallest absolute Gasteiger partial charge is 0.135 e. The van der Waals surface area contributed by atoms with Crippen LogP contribution in [-0.4, -0.2) is 9.97 Å². The van der Waals surface area contributed by atoms with E-state index in [0.29, 0.717) is 28.9 Å². The van der Waals surface area contributed by atoms with Gasteiger partial charge in [-0.3, -0.25) is 0 Å². The van der Waals surface area contributed by atoms with Crippen LogP contribution in [0.1, 0.15) is 12.7 Å². The second-order valence-electron chi connectivity index (χ2n) is 3.59. The number of aryl methyl sites for hydroxylation is 1. The van der Waals surface area contributed by atoms with E-state index in [0.717, 1.165) is 4.47 Å². The van der Waals surface area contributed by atoms with Gasteiger partial charge in [0.1, 0.15) is 22.6 Å². The molecule has 0 radical (unpaired) electrons. The van der Waals surface area contributed by atoms with E-state index in [1.807, 2.05) is 6.92 Å². The van der Waals surface area contributed by atoms with E-state index in [1.165, 1.54) is 12.1 Å². The normalized spacial score (nSPS) is 10.4. The minimum Gasteiger partial charge on any atom is -0.339 e. The fourth-order valence-electron chi connectivity index (χ4n) is 1.42. The van der Waals surface area contributed by atoms with Gasteiger partial charge in [0.25, 0.3) is 0 Å². The van der Waals surface area contributed by atoms with Crippen LogP contribution in [-0.2, 0) is 6.42 Å². The molecule has 0 saturated heterocycles. The van der Waals surface area contributed by atoms with Crippen molar-refractivity contribution in [1.82, 2.24) is 9.97 Å². The van der Waals surface area contributed by atoms with Crippen molar-refractivity contribution in [2.24, 2.45) is 0 Å². The van der Waals surface area contributed by atoms with Crippen molar-refractivity contribution in [2.75, 3.05) is 5.32 Å². The second-order valence-corrected chi connectivity index (χ2v) is 4.84. The molecular formula is C12H10BrClFN3. The fraction of sp³-hybridized carbons (Fsp3) is 0.167. The maximum absolute atomic E-state index is 13.2.